The van der Waals surface area contributed by atoms with Gasteiger partial charge in [-0.1, -0.05) is 60.7 Å². The van der Waals surface area contributed by atoms with Crippen LogP contribution in [0.2, 0.25) is 0 Å². The lowest BCUT2D eigenvalue weighted by Gasteiger charge is -2.14. The molecule has 0 saturated carbocycles. The van der Waals surface area contributed by atoms with Crippen molar-refractivity contribution in [1.82, 2.24) is 24.5 Å². The average Bonchev–Trinajstić information content (AvgIpc) is 3.37. The third-order valence-electron chi connectivity index (χ3n) is 5.04. The van der Waals surface area contributed by atoms with Gasteiger partial charge in [-0.05, 0) is 29.8 Å². The van der Waals surface area contributed by atoms with Gasteiger partial charge in [0.05, 0.1) is 11.9 Å². The van der Waals surface area contributed by atoms with Crippen LogP contribution in [0.25, 0.3) is 33.7 Å². The van der Waals surface area contributed by atoms with E-state index in [0.717, 1.165) is 22.0 Å². The number of carbonyl (C=O) groups is 1. The van der Waals surface area contributed by atoms with Crippen LogP contribution in [0.5, 0.6) is 0 Å². The lowest BCUT2D eigenvalue weighted by atomic mass is 10.0. The van der Waals surface area contributed by atoms with E-state index in [1.54, 1.807) is 16.2 Å². The normalized spacial score (nSPS) is 11.1. The molecule has 7 heteroatoms. The van der Waals surface area contributed by atoms with Gasteiger partial charge in [-0.3, -0.25) is 4.57 Å². The Labute approximate surface area is 171 Å². The molecule has 0 spiro atoms. The molecule has 0 aliphatic carbocycles. The van der Waals surface area contributed by atoms with Crippen molar-refractivity contribution < 1.29 is 9.90 Å². The van der Waals surface area contributed by atoms with E-state index in [1.807, 2.05) is 72.8 Å². The lowest BCUT2D eigenvalue weighted by Crippen LogP contribution is -2.12. The van der Waals surface area contributed by atoms with Gasteiger partial charge in [-0.15, -0.1) is 10.2 Å². The Morgan fingerprint density at radius 1 is 0.900 bits per heavy atom. The summed E-state index contributed by atoms with van der Waals surface area (Å²) in [6.45, 7) is 1.80. The van der Waals surface area contributed by atoms with Gasteiger partial charge in [0.25, 0.3) is 0 Å². The third kappa shape index (κ3) is 2.76. The number of hydrogen-bond donors (Lipinski definition) is 1. The van der Waals surface area contributed by atoms with Crippen molar-refractivity contribution in [1.29, 1.82) is 0 Å². The standard InChI is InChI=1S/C23H17N5O2/c1-15-25-26-21(19-13-7-9-16-8-5-6-12-18(16)19)27(15)22-20(23(29)30)14-24-28(22)17-10-3-2-4-11-17/h2-14H,1H3,(H,29,30). The van der Waals surface area contributed by atoms with Gasteiger partial charge < -0.3 is 5.11 Å². The summed E-state index contributed by atoms with van der Waals surface area (Å²) in [6, 6.07) is 23.4. The smallest absolute Gasteiger partial charge is 0.341 e. The second kappa shape index (κ2) is 6.97. The molecule has 5 rings (SSSR count). The van der Waals surface area contributed by atoms with Gasteiger partial charge in [0.2, 0.25) is 0 Å². The zero-order chi connectivity index (χ0) is 20.7. The van der Waals surface area contributed by atoms with Gasteiger partial charge in [-0.2, -0.15) is 5.10 Å². The van der Waals surface area contributed by atoms with Gasteiger partial charge >= 0.3 is 5.97 Å². The van der Waals surface area contributed by atoms with Crippen molar-refractivity contribution >= 4 is 16.7 Å². The monoisotopic (exact) mass is 395 g/mol. The van der Waals surface area contributed by atoms with Gasteiger partial charge in [-0.25, -0.2) is 9.48 Å². The number of fused-ring (bicyclic) bond motifs is 1. The SMILES string of the molecule is Cc1nnc(-c2cccc3ccccc23)n1-c1c(C(=O)O)cnn1-c1ccccc1. The average molecular weight is 395 g/mol. The number of carboxylic acids is 1. The van der Waals surface area contributed by atoms with Crippen molar-refractivity contribution in [3.8, 4) is 22.9 Å². The molecular weight excluding hydrogens is 378 g/mol. The molecule has 0 fully saturated rings. The molecule has 7 nitrogen and oxygen atoms in total. The fourth-order valence-electron chi connectivity index (χ4n) is 3.68. The van der Waals surface area contributed by atoms with E-state index in [1.165, 1.54) is 6.20 Å². The highest BCUT2D eigenvalue weighted by atomic mass is 16.4. The van der Waals surface area contributed by atoms with E-state index in [2.05, 4.69) is 15.3 Å². The van der Waals surface area contributed by atoms with E-state index in [-0.39, 0.29) is 5.56 Å². The minimum Gasteiger partial charge on any atom is -0.477 e. The molecule has 2 heterocycles. The zero-order valence-corrected chi connectivity index (χ0v) is 16.1. The summed E-state index contributed by atoms with van der Waals surface area (Å²) in [7, 11) is 0. The number of aryl methyl sites for hydroxylation is 1. The zero-order valence-electron chi connectivity index (χ0n) is 16.1. The fourth-order valence-corrected chi connectivity index (χ4v) is 3.68. The van der Waals surface area contributed by atoms with Crippen LogP contribution in [0.3, 0.4) is 0 Å². The topological polar surface area (TPSA) is 85.8 Å². The first-order valence-electron chi connectivity index (χ1n) is 9.42. The highest BCUT2D eigenvalue weighted by molar-refractivity contribution is 5.96. The highest BCUT2D eigenvalue weighted by Crippen LogP contribution is 2.31. The van der Waals surface area contributed by atoms with Crippen molar-refractivity contribution in [2.45, 2.75) is 6.92 Å². The predicted octanol–water partition coefficient (Wildman–Crippen LogP) is 4.28. The van der Waals surface area contributed by atoms with Crippen LogP contribution in [0.4, 0.5) is 0 Å². The molecule has 0 aliphatic rings. The summed E-state index contributed by atoms with van der Waals surface area (Å²) in [5, 5.41) is 25.0. The first-order valence-corrected chi connectivity index (χ1v) is 9.42. The Kier molecular flexibility index (Phi) is 4.14. The molecule has 0 aliphatic heterocycles. The number of benzene rings is 3. The molecule has 0 radical (unpaired) electrons. The quantitative estimate of drug-likeness (QED) is 0.491. The summed E-state index contributed by atoms with van der Waals surface area (Å²) in [4.78, 5) is 12.0. The maximum Gasteiger partial charge on any atom is 0.341 e. The summed E-state index contributed by atoms with van der Waals surface area (Å²) < 4.78 is 3.36. The Balaban J connectivity index is 1.83. The van der Waals surface area contributed by atoms with Crippen LogP contribution in [-0.2, 0) is 0 Å². The van der Waals surface area contributed by atoms with Gasteiger partial charge in [0.1, 0.15) is 11.4 Å². The van der Waals surface area contributed by atoms with Crippen molar-refractivity contribution in [2.24, 2.45) is 0 Å². The highest BCUT2D eigenvalue weighted by Gasteiger charge is 2.25. The van der Waals surface area contributed by atoms with Crippen LogP contribution < -0.4 is 0 Å². The van der Waals surface area contributed by atoms with Crippen LogP contribution in [-0.4, -0.2) is 35.6 Å². The minimum atomic E-state index is -1.07. The van der Waals surface area contributed by atoms with Crippen LogP contribution in [0, 0.1) is 6.92 Å². The molecule has 5 aromatic rings. The number of nitrogens with zero attached hydrogens (tertiary/aromatic N) is 5. The van der Waals surface area contributed by atoms with Gasteiger partial charge in [0, 0.05) is 5.56 Å². The number of rotatable bonds is 4. The fraction of sp³-hybridized carbons (Fsp3) is 0.0435. The molecule has 0 atom stereocenters. The largest absolute Gasteiger partial charge is 0.477 e. The van der Waals surface area contributed by atoms with Crippen LogP contribution in [0.1, 0.15) is 16.2 Å². The van der Waals surface area contributed by atoms with Crippen molar-refractivity contribution in [2.75, 3.05) is 0 Å². The number of para-hydroxylation sites is 1. The first-order chi connectivity index (χ1) is 14.6. The molecule has 3 aromatic carbocycles. The van der Waals surface area contributed by atoms with Gasteiger partial charge in [0.15, 0.2) is 11.6 Å². The Bertz CT molecular complexity index is 1380. The molecule has 146 valence electrons. The minimum absolute atomic E-state index is 0.0724. The van der Waals surface area contributed by atoms with E-state index in [0.29, 0.717) is 17.5 Å². The van der Waals surface area contributed by atoms with E-state index < -0.39 is 5.97 Å². The molecule has 0 amide bonds. The van der Waals surface area contributed by atoms with Crippen LogP contribution >= 0.6 is 0 Å². The Morgan fingerprint density at radius 3 is 2.43 bits per heavy atom. The molecular formula is C23H17N5O2. The number of carboxylic acid groups (broad SMARTS) is 1. The number of aromatic nitrogens is 5. The van der Waals surface area contributed by atoms with Crippen molar-refractivity contribution in [3.05, 3.63) is 90.4 Å². The lowest BCUT2D eigenvalue weighted by molar-refractivity contribution is 0.0697. The Hall–Kier alpha value is -4.26. The molecule has 0 bridgehead atoms. The molecule has 1 N–H and O–H groups in total. The molecule has 2 aromatic heterocycles. The second-order valence-corrected chi connectivity index (χ2v) is 6.87. The first kappa shape index (κ1) is 17.8. The maximum atomic E-state index is 12.0. The van der Waals surface area contributed by atoms with E-state index >= 15 is 0 Å². The Morgan fingerprint density at radius 2 is 1.63 bits per heavy atom. The number of hydrogen-bond acceptors (Lipinski definition) is 4. The molecule has 0 saturated heterocycles. The molecule has 30 heavy (non-hydrogen) atoms. The summed E-state index contributed by atoms with van der Waals surface area (Å²) in [6.07, 6.45) is 1.36. The number of aromatic carboxylic acids is 1. The van der Waals surface area contributed by atoms with E-state index in [9.17, 15) is 9.90 Å². The summed E-state index contributed by atoms with van der Waals surface area (Å²) in [5.74, 6) is 0.450. The van der Waals surface area contributed by atoms with Crippen molar-refractivity contribution in [3.63, 3.8) is 0 Å². The van der Waals surface area contributed by atoms with E-state index in [4.69, 9.17) is 0 Å². The summed E-state index contributed by atoms with van der Waals surface area (Å²) >= 11 is 0. The second-order valence-electron chi connectivity index (χ2n) is 6.87. The third-order valence-corrected chi connectivity index (χ3v) is 5.04. The van der Waals surface area contributed by atoms with Crippen LogP contribution in [0.15, 0.2) is 79.0 Å². The summed E-state index contributed by atoms with van der Waals surface area (Å²) in [5.41, 5.74) is 1.69. The molecule has 0 unspecified atom stereocenters. The predicted molar refractivity (Wildman–Crippen MR) is 113 cm³/mol. The maximum absolute atomic E-state index is 12.0.